The molecule has 0 saturated carbocycles. The van der Waals surface area contributed by atoms with Gasteiger partial charge in [-0.15, -0.1) is 12.4 Å². The maximum atomic E-state index is 13.0. The SMILES string of the molecule is Cl.O=c1[nH]c(C2CCCN2)nc2cc(F)cn12. The first-order chi connectivity index (χ1) is 7.74. The minimum Gasteiger partial charge on any atom is -0.307 e. The maximum absolute atomic E-state index is 13.0. The number of aromatic amines is 1. The number of fused-ring (bicyclic) bond motifs is 1. The summed E-state index contributed by atoms with van der Waals surface area (Å²) in [6, 6.07) is 1.34. The molecule has 1 aliphatic rings. The highest BCUT2D eigenvalue weighted by molar-refractivity contribution is 5.85. The Bertz CT molecular complexity index is 587. The summed E-state index contributed by atoms with van der Waals surface area (Å²) in [6.07, 6.45) is 3.14. The van der Waals surface area contributed by atoms with Crippen molar-refractivity contribution in [1.29, 1.82) is 0 Å². The van der Waals surface area contributed by atoms with Crippen LogP contribution in [0.3, 0.4) is 0 Å². The van der Waals surface area contributed by atoms with Gasteiger partial charge in [-0.2, -0.15) is 0 Å². The topological polar surface area (TPSA) is 62.2 Å². The van der Waals surface area contributed by atoms with E-state index >= 15 is 0 Å². The third-order valence-electron chi connectivity index (χ3n) is 2.85. The average Bonchev–Trinajstić information content (AvgIpc) is 2.84. The van der Waals surface area contributed by atoms with Crippen molar-refractivity contribution >= 4 is 18.1 Å². The Hall–Kier alpha value is -1.40. The van der Waals surface area contributed by atoms with Crippen LogP contribution in [0.25, 0.3) is 5.65 Å². The Labute approximate surface area is 102 Å². The number of nitrogens with zero attached hydrogens (tertiary/aromatic N) is 2. The standard InChI is InChI=1S/C10H11FN4O.ClH/c11-6-4-8-13-9(7-2-1-3-12-7)14-10(16)15(8)5-6;/h4-5,7,12H,1-3H2,(H,13,14,16);1H. The molecule has 3 rings (SSSR count). The highest BCUT2D eigenvalue weighted by Crippen LogP contribution is 2.19. The quantitative estimate of drug-likeness (QED) is 0.802. The fourth-order valence-electron chi connectivity index (χ4n) is 2.07. The molecule has 17 heavy (non-hydrogen) atoms. The number of halogens is 2. The smallest absolute Gasteiger partial charge is 0.307 e. The van der Waals surface area contributed by atoms with E-state index < -0.39 is 5.82 Å². The molecule has 2 N–H and O–H groups in total. The summed E-state index contributed by atoms with van der Waals surface area (Å²) in [6.45, 7) is 0.926. The molecule has 1 fully saturated rings. The van der Waals surface area contributed by atoms with E-state index in [1.165, 1.54) is 10.5 Å². The van der Waals surface area contributed by atoms with Crippen LogP contribution in [0, 0.1) is 5.82 Å². The molecule has 1 atom stereocenters. The van der Waals surface area contributed by atoms with Gasteiger partial charge in [-0.3, -0.25) is 4.98 Å². The van der Waals surface area contributed by atoms with Crippen LogP contribution < -0.4 is 11.0 Å². The molecular weight excluding hydrogens is 247 g/mol. The number of hydrogen-bond donors (Lipinski definition) is 2. The lowest BCUT2D eigenvalue weighted by Gasteiger charge is -2.08. The van der Waals surface area contributed by atoms with Gasteiger partial charge in [0, 0.05) is 6.07 Å². The third kappa shape index (κ3) is 2.05. The van der Waals surface area contributed by atoms with Crippen LogP contribution in [0.2, 0.25) is 0 Å². The Morgan fingerprint density at radius 3 is 3.06 bits per heavy atom. The molecule has 1 unspecified atom stereocenters. The van der Waals surface area contributed by atoms with Crippen molar-refractivity contribution in [3.63, 3.8) is 0 Å². The summed E-state index contributed by atoms with van der Waals surface area (Å²) in [5, 5.41) is 3.24. The summed E-state index contributed by atoms with van der Waals surface area (Å²) < 4.78 is 14.2. The second-order valence-electron chi connectivity index (χ2n) is 3.96. The summed E-state index contributed by atoms with van der Waals surface area (Å²) >= 11 is 0. The monoisotopic (exact) mass is 258 g/mol. The lowest BCUT2D eigenvalue weighted by Crippen LogP contribution is -2.24. The summed E-state index contributed by atoms with van der Waals surface area (Å²) in [5.74, 6) is 0.141. The lowest BCUT2D eigenvalue weighted by molar-refractivity contribution is 0.597. The van der Waals surface area contributed by atoms with Crippen LogP contribution in [-0.2, 0) is 0 Å². The van der Waals surface area contributed by atoms with E-state index in [0.29, 0.717) is 11.5 Å². The molecule has 0 bridgehead atoms. The number of hydrogen-bond acceptors (Lipinski definition) is 3. The zero-order chi connectivity index (χ0) is 11.1. The minimum atomic E-state index is -0.450. The first kappa shape index (κ1) is 12.1. The largest absolute Gasteiger partial charge is 0.332 e. The van der Waals surface area contributed by atoms with Crippen LogP contribution in [0.4, 0.5) is 4.39 Å². The van der Waals surface area contributed by atoms with Gasteiger partial charge in [0.05, 0.1) is 12.2 Å². The van der Waals surface area contributed by atoms with Crippen molar-refractivity contribution in [3.8, 4) is 0 Å². The molecule has 0 aromatic carbocycles. The van der Waals surface area contributed by atoms with Gasteiger partial charge in [0.15, 0.2) is 0 Å². The van der Waals surface area contributed by atoms with Gasteiger partial charge in [-0.25, -0.2) is 18.6 Å². The number of rotatable bonds is 1. The van der Waals surface area contributed by atoms with Crippen molar-refractivity contribution in [2.24, 2.45) is 0 Å². The van der Waals surface area contributed by atoms with E-state index in [1.54, 1.807) is 0 Å². The van der Waals surface area contributed by atoms with Crippen molar-refractivity contribution < 1.29 is 4.39 Å². The van der Waals surface area contributed by atoms with Crippen LogP contribution >= 0.6 is 12.4 Å². The average molecular weight is 259 g/mol. The van der Waals surface area contributed by atoms with Gasteiger partial charge in [0.1, 0.15) is 17.3 Å². The van der Waals surface area contributed by atoms with Gasteiger partial charge in [-0.1, -0.05) is 0 Å². The molecule has 2 aromatic rings. The Kier molecular flexibility index (Phi) is 3.17. The summed E-state index contributed by atoms with van der Waals surface area (Å²) in [4.78, 5) is 18.6. The first-order valence-electron chi connectivity index (χ1n) is 5.25. The highest BCUT2D eigenvalue weighted by atomic mass is 35.5. The van der Waals surface area contributed by atoms with Crippen LogP contribution in [-0.4, -0.2) is 20.9 Å². The van der Waals surface area contributed by atoms with Gasteiger partial charge >= 0.3 is 5.69 Å². The molecule has 0 radical (unpaired) electrons. The molecule has 0 aliphatic carbocycles. The molecule has 3 heterocycles. The van der Waals surface area contributed by atoms with Crippen LogP contribution in [0.5, 0.6) is 0 Å². The van der Waals surface area contributed by atoms with Crippen LogP contribution in [0.15, 0.2) is 17.1 Å². The molecule has 92 valence electrons. The van der Waals surface area contributed by atoms with Gasteiger partial charge < -0.3 is 5.32 Å². The predicted octanol–water partition coefficient (Wildman–Crippen LogP) is 1.01. The van der Waals surface area contributed by atoms with Gasteiger partial charge in [-0.05, 0) is 19.4 Å². The molecule has 0 spiro atoms. The highest BCUT2D eigenvalue weighted by Gasteiger charge is 2.19. The van der Waals surface area contributed by atoms with Gasteiger partial charge in [0.2, 0.25) is 0 Å². The molecule has 5 nitrogen and oxygen atoms in total. The normalized spacial score (nSPS) is 19.5. The number of H-pyrrole nitrogens is 1. The third-order valence-corrected chi connectivity index (χ3v) is 2.85. The molecular formula is C10H12ClFN4O. The summed E-state index contributed by atoms with van der Waals surface area (Å²) in [7, 11) is 0. The van der Waals surface area contributed by atoms with Crippen LogP contribution in [0.1, 0.15) is 24.7 Å². The Balaban J connectivity index is 0.00000108. The molecule has 2 aromatic heterocycles. The van der Waals surface area contributed by atoms with E-state index in [0.717, 1.165) is 25.6 Å². The molecule has 7 heteroatoms. The van der Waals surface area contributed by atoms with E-state index in [9.17, 15) is 9.18 Å². The van der Waals surface area contributed by atoms with E-state index in [1.807, 2.05) is 0 Å². The predicted molar refractivity (Wildman–Crippen MR) is 63.0 cm³/mol. The molecule has 0 amide bonds. The fourth-order valence-corrected chi connectivity index (χ4v) is 2.07. The lowest BCUT2D eigenvalue weighted by atomic mass is 10.2. The molecule has 1 aliphatic heterocycles. The van der Waals surface area contributed by atoms with E-state index in [2.05, 4.69) is 15.3 Å². The van der Waals surface area contributed by atoms with Crippen molar-refractivity contribution in [3.05, 3.63) is 34.4 Å². The maximum Gasteiger partial charge on any atom is 0.332 e. The zero-order valence-corrected chi connectivity index (χ0v) is 9.76. The van der Waals surface area contributed by atoms with Crippen molar-refractivity contribution in [2.45, 2.75) is 18.9 Å². The molecule has 1 saturated heterocycles. The summed E-state index contributed by atoms with van der Waals surface area (Å²) in [5.41, 5.74) is 0.00236. The fraction of sp³-hybridized carbons (Fsp3) is 0.400. The first-order valence-corrected chi connectivity index (χ1v) is 5.25. The number of aromatic nitrogens is 3. The van der Waals surface area contributed by atoms with Crippen molar-refractivity contribution in [1.82, 2.24) is 19.7 Å². The Morgan fingerprint density at radius 1 is 1.53 bits per heavy atom. The zero-order valence-electron chi connectivity index (χ0n) is 8.94. The number of nitrogens with one attached hydrogen (secondary N) is 2. The Morgan fingerprint density at radius 2 is 2.35 bits per heavy atom. The minimum absolute atomic E-state index is 0. The van der Waals surface area contributed by atoms with Gasteiger partial charge in [0.25, 0.3) is 0 Å². The van der Waals surface area contributed by atoms with E-state index in [-0.39, 0.29) is 24.1 Å². The second kappa shape index (κ2) is 4.46. The van der Waals surface area contributed by atoms with E-state index in [4.69, 9.17) is 0 Å². The van der Waals surface area contributed by atoms with Crippen molar-refractivity contribution in [2.75, 3.05) is 6.54 Å². The second-order valence-corrected chi connectivity index (χ2v) is 3.96.